The lowest BCUT2D eigenvalue weighted by Crippen LogP contribution is -2.50. The van der Waals surface area contributed by atoms with Crippen molar-refractivity contribution in [3.63, 3.8) is 0 Å². The van der Waals surface area contributed by atoms with Gasteiger partial charge in [-0.3, -0.25) is 9.59 Å². The Morgan fingerprint density at radius 1 is 0.968 bits per heavy atom. The van der Waals surface area contributed by atoms with E-state index in [0.29, 0.717) is 38.3 Å². The highest BCUT2D eigenvalue weighted by Crippen LogP contribution is 2.26. The molecule has 2 aliphatic heterocycles. The molecule has 0 aromatic heterocycles. The molecule has 4 rings (SSSR count). The van der Waals surface area contributed by atoms with Crippen LogP contribution in [-0.4, -0.2) is 54.4 Å². The largest absolute Gasteiger partial charge is 0.370 e. The Balaban J connectivity index is 1.42. The van der Waals surface area contributed by atoms with E-state index in [-0.39, 0.29) is 29.7 Å². The summed E-state index contributed by atoms with van der Waals surface area (Å²) in [6.45, 7) is 6.54. The molecule has 2 aliphatic rings. The normalized spacial score (nSPS) is 21.8. The maximum Gasteiger partial charge on any atom is 0.253 e. The number of carbonyl (C=O) groups is 2. The molecule has 2 saturated heterocycles. The van der Waals surface area contributed by atoms with Crippen molar-refractivity contribution in [3.05, 3.63) is 70.5 Å². The molecule has 0 bridgehead atoms. The summed E-state index contributed by atoms with van der Waals surface area (Å²) in [7, 11) is 0. The molecule has 2 aromatic carbocycles. The maximum absolute atomic E-state index is 13.3. The molecule has 2 unspecified atom stereocenters. The van der Waals surface area contributed by atoms with Gasteiger partial charge in [-0.2, -0.15) is 0 Å². The molecule has 31 heavy (non-hydrogen) atoms. The molecule has 2 amide bonds. The van der Waals surface area contributed by atoms with Crippen LogP contribution in [0.3, 0.4) is 0 Å². The minimum Gasteiger partial charge on any atom is -0.370 e. The number of morpholine rings is 1. The first-order valence-corrected chi connectivity index (χ1v) is 10.9. The van der Waals surface area contributed by atoms with Crippen molar-refractivity contribution < 1.29 is 18.7 Å². The van der Waals surface area contributed by atoms with Crippen LogP contribution < -0.4 is 0 Å². The number of carbonyl (C=O) groups excluding carboxylic acids is 2. The number of likely N-dealkylation sites (tertiary alicyclic amines) is 1. The number of aryl methyl sites for hydroxylation is 2. The third-order valence-corrected chi connectivity index (χ3v) is 6.15. The molecule has 0 spiro atoms. The lowest BCUT2D eigenvalue weighted by Gasteiger charge is -2.38. The predicted molar refractivity (Wildman–Crippen MR) is 116 cm³/mol. The van der Waals surface area contributed by atoms with Gasteiger partial charge < -0.3 is 14.5 Å². The Bertz CT molecular complexity index is 939. The highest BCUT2D eigenvalue weighted by molar-refractivity contribution is 5.95. The van der Waals surface area contributed by atoms with Crippen LogP contribution in [0.15, 0.2) is 42.5 Å². The van der Waals surface area contributed by atoms with E-state index in [1.807, 2.05) is 35.8 Å². The number of piperidine rings is 1. The first kappa shape index (κ1) is 21.5. The summed E-state index contributed by atoms with van der Waals surface area (Å²) in [6, 6.07) is 12.1. The van der Waals surface area contributed by atoms with E-state index in [9.17, 15) is 14.0 Å². The van der Waals surface area contributed by atoms with Gasteiger partial charge in [0, 0.05) is 25.2 Å². The number of hydrogen-bond donors (Lipinski definition) is 0. The zero-order valence-corrected chi connectivity index (χ0v) is 18.1. The molecule has 2 fully saturated rings. The summed E-state index contributed by atoms with van der Waals surface area (Å²) >= 11 is 0. The number of amides is 2. The minimum atomic E-state index is -0.289. The average molecular weight is 425 g/mol. The van der Waals surface area contributed by atoms with Gasteiger partial charge in [-0.25, -0.2) is 4.39 Å². The highest BCUT2D eigenvalue weighted by Gasteiger charge is 2.34. The van der Waals surface area contributed by atoms with Crippen molar-refractivity contribution in [2.75, 3.05) is 32.8 Å². The smallest absolute Gasteiger partial charge is 0.253 e. The Morgan fingerprint density at radius 3 is 2.39 bits per heavy atom. The van der Waals surface area contributed by atoms with E-state index in [1.165, 1.54) is 12.1 Å². The Hall–Kier alpha value is -2.73. The Kier molecular flexibility index (Phi) is 6.37. The van der Waals surface area contributed by atoms with Gasteiger partial charge in [0.15, 0.2) is 0 Å². The van der Waals surface area contributed by atoms with Crippen molar-refractivity contribution in [1.29, 1.82) is 0 Å². The lowest BCUT2D eigenvalue weighted by atomic mass is 9.95. The van der Waals surface area contributed by atoms with Crippen LogP contribution in [0.25, 0.3) is 0 Å². The van der Waals surface area contributed by atoms with Crippen molar-refractivity contribution in [2.24, 2.45) is 5.92 Å². The molecular formula is C25H29FN2O3. The van der Waals surface area contributed by atoms with Gasteiger partial charge in [0.05, 0.1) is 19.1 Å². The molecule has 2 heterocycles. The number of ether oxygens (including phenoxy) is 1. The van der Waals surface area contributed by atoms with Crippen LogP contribution in [0, 0.1) is 25.6 Å². The van der Waals surface area contributed by atoms with Crippen LogP contribution >= 0.6 is 0 Å². The third-order valence-electron chi connectivity index (χ3n) is 6.15. The second-order valence-corrected chi connectivity index (χ2v) is 8.66. The van der Waals surface area contributed by atoms with E-state index in [0.717, 1.165) is 29.5 Å². The van der Waals surface area contributed by atoms with Gasteiger partial charge in [-0.05, 0) is 56.5 Å². The molecule has 6 heteroatoms. The second-order valence-electron chi connectivity index (χ2n) is 8.66. The fourth-order valence-electron chi connectivity index (χ4n) is 4.63. The van der Waals surface area contributed by atoms with Crippen molar-refractivity contribution in [1.82, 2.24) is 9.80 Å². The molecule has 2 aromatic rings. The maximum atomic E-state index is 13.3. The Labute approximate surface area is 182 Å². The number of rotatable bonds is 3. The van der Waals surface area contributed by atoms with E-state index < -0.39 is 0 Å². The van der Waals surface area contributed by atoms with Crippen LogP contribution in [0.4, 0.5) is 4.39 Å². The fourth-order valence-corrected chi connectivity index (χ4v) is 4.63. The summed E-state index contributed by atoms with van der Waals surface area (Å²) in [6.07, 6.45) is 1.35. The van der Waals surface area contributed by atoms with Crippen LogP contribution in [-0.2, 0) is 9.53 Å². The monoisotopic (exact) mass is 424 g/mol. The van der Waals surface area contributed by atoms with Crippen molar-refractivity contribution >= 4 is 11.8 Å². The molecule has 0 N–H and O–H groups in total. The second kappa shape index (κ2) is 9.18. The topological polar surface area (TPSA) is 49.9 Å². The summed E-state index contributed by atoms with van der Waals surface area (Å²) < 4.78 is 19.1. The average Bonchev–Trinajstić information content (AvgIpc) is 2.78. The molecular weight excluding hydrogens is 395 g/mol. The van der Waals surface area contributed by atoms with E-state index in [1.54, 1.807) is 12.1 Å². The van der Waals surface area contributed by atoms with Crippen LogP contribution in [0.2, 0.25) is 0 Å². The first-order chi connectivity index (χ1) is 14.9. The van der Waals surface area contributed by atoms with Gasteiger partial charge in [0.2, 0.25) is 5.91 Å². The Morgan fingerprint density at radius 2 is 1.68 bits per heavy atom. The standard InChI is InChI=1S/C25H29FN2O3/c1-17-12-18(2)14-21(13-17)25(30)27-9-3-4-20(15-27)24(29)28-10-11-31-23(16-28)19-5-7-22(26)8-6-19/h5-8,12-14,20,23H,3-4,9-11,15-16H2,1-2H3. The van der Waals surface area contributed by atoms with Crippen LogP contribution in [0.1, 0.15) is 46.0 Å². The number of benzene rings is 2. The van der Waals surface area contributed by atoms with Gasteiger partial charge in [0.1, 0.15) is 11.9 Å². The third kappa shape index (κ3) is 4.96. The number of halogens is 1. The van der Waals surface area contributed by atoms with Gasteiger partial charge in [-0.1, -0.05) is 29.3 Å². The zero-order chi connectivity index (χ0) is 22.0. The van der Waals surface area contributed by atoms with Crippen molar-refractivity contribution in [2.45, 2.75) is 32.8 Å². The summed E-state index contributed by atoms with van der Waals surface area (Å²) in [5, 5.41) is 0. The molecule has 0 saturated carbocycles. The lowest BCUT2D eigenvalue weighted by molar-refractivity contribution is -0.144. The van der Waals surface area contributed by atoms with E-state index in [4.69, 9.17) is 4.74 Å². The van der Waals surface area contributed by atoms with Gasteiger partial charge in [-0.15, -0.1) is 0 Å². The molecule has 5 nitrogen and oxygen atoms in total. The van der Waals surface area contributed by atoms with E-state index in [2.05, 4.69) is 6.07 Å². The van der Waals surface area contributed by atoms with Crippen LogP contribution in [0.5, 0.6) is 0 Å². The molecule has 0 radical (unpaired) electrons. The molecule has 0 aliphatic carbocycles. The summed E-state index contributed by atoms with van der Waals surface area (Å²) in [5.41, 5.74) is 3.68. The number of hydrogen-bond acceptors (Lipinski definition) is 3. The minimum absolute atomic E-state index is 0.00420. The van der Waals surface area contributed by atoms with Gasteiger partial charge >= 0.3 is 0 Å². The van der Waals surface area contributed by atoms with Gasteiger partial charge in [0.25, 0.3) is 5.91 Å². The predicted octanol–water partition coefficient (Wildman–Crippen LogP) is 3.89. The molecule has 2 atom stereocenters. The quantitative estimate of drug-likeness (QED) is 0.751. The van der Waals surface area contributed by atoms with E-state index >= 15 is 0 Å². The summed E-state index contributed by atoms with van der Waals surface area (Å²) in [5.74, 6) is -0.414. The highest BCUT2D eigenvalue weighted by atomic mass is 19.1. The zero-order valence-electron chi connectivity index (χ0n) is 18.1. The fraction of sp³-hybridized carbons (Fsp3) is 0.440. The SMILES string of the molecule is Cc1cc(C)cc(C(=O)N2CCCC(C(=O)N3CCOC(c4ccc(F)cc4)C3)C2)c1. The van der Waals surface area contributed by atoms with Crippen molar-refractivity contribution in [3.8, 4) is 0 Å². The molecule has 164 valence electrons. The first-order valence-electron chi connectivity index (χ1n) is 10.9. The summed E-state index contributed by atoms with van der Waals surface area (Å²) in [4.78, 5) is 30.0. The number of nitrogens with zero attached hydrogens (tertiary/aromatic N) is 2.